The molecule has 0 bridgehead atoms. The molecule has 4 aliphatic rings. The van der Waals surface area contributed by atoms with Gasteiger partial charge in [-0.2, -0.15) is 0 Å². The van der Waals surface area contributed by atoms with Crippen molar-refractivity contribution in [1.29, 1.82) is 0 Å². The highest BCUT2D eigenvalue weighted by Crippen LogP contribution is 2.46. The van der Waals surface area contributed by atoms with E-state index in [9.17, 15) is 0 Å². The Hall–Kier alpha value is -8.29. The van der Waals surface area contributed by atoms with Crippen LogP contribution in [0.4, 0.5) is 0 Å². The Bertz CT molecular complexity index is 3850. The molecule has 11 aromatic rings. The number of fused-ring (bicyclic) bond motifs is 16. The van der Waals surface area contributed by atoms with E-state index >= 15 is 0 Å². The van der Waals surface area contributed by atoms with Crippen molar-refractivity contribution in [2.45, 2.75) is 6.42 Å². The second-order valence-electron chi connectivity index (χ2n) is 19.0. The molecule has 0 fully saturated rings. The van der Waals surface area contributed by atoms with Gasteiger partial charge in [-0.3, -0.25) is 0 Å². The van der Waals surface area contributed by atoms with Gasteiger partial charge in [-0.15, -0.1) is 0 Å². The van der Waals surface area contributed by atoms with Gasteiger partial charge in [0.15, 0.2) is 22.0 Å². The fourth-order valence-corrected chi connectivity index (χ4v) is 23.9. The van der Waals surface area contributed by atoms with Gasteiger partial charge in [0.05, 0.1) is 11.4 Å². The van der Waals surface area contributed by atoms with E-state index in [2.05, 4.69) is 243 Å². The fraction of sp³-hybridized carbons (Fsp3) is 0.0154. The van der Waals surface area contributed by atoms with Crippen LogP contribution in [0.3, 0.4) is 0 Å². The van der Waals surface area contributed by atoms with E-state index in [0.717, 1.165) is 34.8 Å². The van der Waals surface area contributed by atoms with Crippen LogP contribution < -0.4 is 41.5 Å². The highest BCUT2D eigenvalue weighted by atomic mass is 28.3. The van der Waals surface area contributed by atoms with Crippen LogP contribution in [-0.4, -0.2) is 26.1 Å². The number of benzene rings is 10. The highest BCUT2D eigenvalue weighted by Gasteiger charge is 2.54. The van der Waals surface area contributed by atoms with Gasteiger partial charge < -0.3 is 0 Å². The van der Waals surface area contributed by atoms with Crippen molar-refractivity contribution in [1.82, 2.24) is 9.97 Å². The Morgan fingerprint density at radius 3 is 1.32 bits per heavy atom. The molecule has 0 saturated heterocycles. The molecule has 320 valence electrons. The summed E-state index contributed by atoms with van der Waals surface area (Å²) >= 11 is 0. The normalized spacial score (nSPS) is 14.3. The molecular weight excluding hydrogens is 865 g/mol. The zero-order valence-electron chi connectivity index (χ0n) is 37.7. The lowest BCUT2D eigenvalue weighted by Crippen LogP contribution is -2.72. The predicted molar refractivity (Wildman–Crippen MR) is 291 cm³/mol. The van der Waals surface area contributed by atoms with Crippen molar-refractivity contribution in [2.75, 3.05) is 0 Å². The molecular formula is C65H42N2Si2. The lowest BCUT2D eigenvalue weighted by Gasteiger charge is -2.31. The lowest BCUT2D eigenvalue weighted by atomic mass is 9.94. The van der Waals surface area contributed by atoms with E-state index in [1.54, 1.807) is 0 Å². The minimum atomic E-state index is -2.68. The predicted octanol–water partition coefficient (Wildman–Crippen LogP) is 9.74. The molecule has 0 N–H and O–H groups in total. The Labute approximate surface area is 404 Å². The first-order valence-electron chi connectivity index (χ1n) is 24.1. The molecule has 0 unspecified atom stereocenters. The largest absolute Gasteiger partial charge is 0.228 e. The van der Waals surface area contributed by atoms with Crippen molar-refractivity contribution >= 4 is 57.6 Å². The number of hydrogen-bond donors (Lipinski definition) is 0. The van der Waals surface area contributed by atoms with Crippen molar-refractivity contribution in [3.63, 3.8) is 0 Å². The summed E-state index contributed by atoms with van der Waals surface area (Å²) in [7, 11) is -5.25. The van der Waals surface area contributed by atoms with Crippen molar-refractivity contribution < 1.29 is 0 Å². The second-order valence-corrected chi connectivity index (χ2v) is 26.4. The standard InChI is InChI=1S/C65H42N2Si2/c1-4-19-42(20-5-1)65-66-63(44-36-38-61-55(39-44)51-28-13-17-34-60(51)69(61)58-32-15-11-25-48(58)49-26-12-16-33-59(49)69)56-41-54-47(29-18-30-53(54)64(56)67-65)43-35-37-52-50-27-10-14-31-57(50)68(62(52)40-43,45-21-6-2-7-22-45)46-23-8-3-9-24-46/h1-40H,41H2. The second kappa shape index (κ2) is 14.6. The number of hydrogen-bond acceptors (Lipinski definition) is 2. The monoisotopic (exact) mass is 906 g/mol. The maximum atomic E-state index is 5.57. The quantitative estimate of drug-likeness (QED) is 0.161. The minimum absolute atomic E-state index is 0.746. The summed E-state index contributed by atoms with van der Waals surface area (Å²) in [6, 6.07) is 91.4. The van der Waals surface area contributed by atoms with Crippen molar-refractivity contribution in [3.8, 4) is 78.4 Å². The van der Waals surface area contributed by atoms with Crippen LogP contribution in [-0.2, 0) is 6.42 Å². The zero-order valence-corrected chi connectivity index (χ0v) is 39.7. The van der Waals surface area contributed by atoms with Crippen LogP contribution in [0.15, 0.2) is 243 Å². The summed E-state index contributed by atoms with van der Waals surface area (Å²) in [5, 5.41) is 11.7. The summed E-state index contributed by atoms with van der Waals surface area (Å²) in [4.78, 5) is 11.1. The molecule has 3 aliphatic heterocycles. The molecule has 4 heterocycles. The number of nitrogens with zero attached hydrogens (tertiary/aromatic N) is 2. The summed E-state index contributed by atoms with van der Waals surface area (Å²) < 4.78 is 0. The van der Waals surface area contributed by atoms with Crippen LogP contribution in [0.5, 0.6) is 0 Å². The Morgan fingerprint density at radius 2 is 0.710 bits per heavy atom. The van der Waals surface area contributed by atoms with Crippen molar-refractivity contribution in [2.24, 2.45) is 0 Å². The van der Waals surface area contributed by atoms with E-state index in [4.69, 9.17) is 9.97 Å². The third kappa shape index (κ3) is 5.19. The lowest BCUT2D eigenvalue weighted by molar-refractivity contribution is 1.13. The molecule has 1 aliphatic carbocycles. The van der Waals surface area contributed by atoms with Crippen LogP contribution in [0, 0.1) is 0 Å². The molecule has 4 heteroatoms. The van der Waals surface area contributed by atoms with Gasteiger partial charge in [-0.25, -0.2) is 9.97 Å². The molecule has 1 aromatic heterocycles. The summed E-state index contributed by atoms with van der Waals surface area (Å²) in [6.07, 6.45) is 0.746. The first kappa shape index (κ1) is 38.8. The van der Waals surface area contributed by atoms with E-state index in [1.807, 2.05) is 0 Å². The molecule has 2 nitrogen and oxygen atoms in total. The Balaban J connectivity index is 0.922. The van der Waals surface area contributed by atoms with Crippen LogP contribution in [0.1, 0.15) is 11.1 Å². The molecule has 15 rings (SSSR count). The zero-order chi connectivity index (χ0) is 45.3. The molecule has 0 amide bonds. The van der Waals surface area contributed by atoms with E-state index in [0.29, 0.717) is 0 Å². The maximum Gasteiger partial charge on any atom is 0.182 e. The Kier molecular flexibility index (Phi) is 8.21. The first-order valence-corrected chi connectivity index (χ1v) is 28.1. The minimum Gasteiger partial charge on any atom is -0.228 e. The third-order valence-electron chi connectivity index (χ3n) is 15.9. The van der Waals surface area contributed by atoms with Crippen molar-refractivity contribution in [3.05, 3.63) is 254 Å². The molecule has 10 aromatic carbocycles. The Morgan fingerprint density at radius 1 is 0.261 bits per heavy atom. The van der Waals surface area contributed by atoms with Gasteiger partial charge in [0.2, 0.25) is 0 Å². The summed E-state index contributed by atoms with van der Waals surface area (Å²) in [6.45, 7) is 0. The molecule has 1 spiro atoms. The maximum absolute atomic E-state index is 5.57. The smallest absolute Gasteiger partial charge is 0.182 e. The molecule has 0 radical (unpaired) electrons. The SMILES string of the molecule is c1ccc(-c2nc(-c3ccc4c(c3)-c3ccccc3[Si]43c4ccccc4-c4ccccc43)c3c(n2)-c2cccc(-c4ccc5c(c4)[Si](c4ccccc4)(c4ccccc4)c4ccccc4-5)c2C3)cc1. The topological polar surface area (TPSA) is 25.8 Å². The van der Waals surface area contributed by atoms with E-state index in [-0.39, 0.29) is 0 Å². The molecule has 69 heavy (non-hydrogen) atoms. The van der Waals surface area contributed by atoms with E-state index in [1.165, 1.54) is 103 Å². The average molecular weight is 907 g/mol. The van der Waals surface area contributed by atoms with Crippen LogP contribution >= 0.6 is 0 Å². The molecule has 0 saturated carbocycles. The van der Waals surface area contributed by atoms with Crippen LogP contribution in [0.25, 0.3) is 78.4 Å². The number of rotatable bonds is 5. The molecule has 0 atom stereocenters. The van der Waals surface area contributed by atoms with Gasteiger partial charge in [-0.1, -0.05) is 237 Å². The van der Waals surface area contributed by atoms with Crippen LogP contribution in [0.2, 0.25) is 0 Å². The third-order valence-corrected chi connectivity index (χ3v) is 25.7. The summed E-state index contributed by atoms with van der Waals surface area (Å²) in [5.41, 5.74) is 18.5. The van der Waals surface area contributed by atoms with Gasteiger partial charge >= 0.3 is 0 Å². The van der Waals surface area contributed by atoms with Gasteiger partial charge in [0, 0.05) is 28.7 Å². The fourth-order valence-electron chi connectivity index (χ4n) is 13.1. The average Bonchev–Trinajstić information content (AvgIpc) is 4.14. The van der Waals surface area contributed by atoms with Gasteiger partial charge in [0.25, 0.3) is 0 Å². The van der Waals surface area contributed by atoms with E-state index < -0.39 is 16.1 Å². The first-order chi connectivity index (χ1) is 34.2. The number of aromatic nitrogens is 2. The van der Waals surface area contributed by atoms with Gasteiger partial charge in [-0.05, 0) is 97.6 Å². The highest BCUT2D eigenvalue weighted by molar-refractivity contribution is 7.24. The summed E-state index contributed by atoms with van der Waals surface area (Å²) in [5.74, 6) is 0.754. The van der Waals surface area contributed by atoms with Gasteiger partial charge in [0.1, 0.15) is 0 Å².